The van der Waals surface area contributed by atoms with Gasteiger partial charge in [-0.05, 0) is 51.2 Å². The normalized spacial score (nSPS) is 19.8. The Hall–Kier alpha value is -2.94. The summed E-state index contributed by atoms with van der Waals surface area (Å²) >= 11 is 1.46. The molecule has 1 amide bonds. The average molecular weight is 486 g/mol. The number of allylic oxidation sites excluding steroid dienone is 1. The van der Waals surface area contributed by atoms with Crippen molar-refractivity contribution in [1.82, 2.24) is 9.80 Å². The Morgan fingerprint density at radius 3 is 2.56 bits per heavy atom. The number of rotatable bonds is 7. The van der Waals surface area contributed by atoms with E-state index in [1.165, 1.54) is 11.8 Å². The van der Waals surface area contributed by atoms with Crippen molar-refractivity contribution in [1.29, 1.82) is 0 Å². The Balaban J connectivity index is 1.78. The minimum absolute atomic E-state index is 0.0867. The summed E-state index contributed by atoms with van der Waals surface area (Å²) in [4.78, 5) is 34.9. The highest BCUT2D eigenvalue weighted by Gasteiger charge is 2.43. The van der Waals surface area contributed by atoms with Crippen LogP contribution in [0.2, 0.25) is 0 Å². The summed E-state index contributed by atoms with van der Waals surface area (Å²) in [6.07, 6.45) is 2.03. The number of ether oxygens (including phenoxy) is 3. The van der Waals surface area contributed by atoms with E-state index in [1.54, 1.807) is 20.3 Å². The number of likely N-dealkylation sites (tertiary alicyclic amines) is 1. The average Bonchev–Trinajstić information content (AvgIpc) is 3.48. The number of nitrogens with zero attached hydrogens (tertiary/aromatic N) is 3. The van der Waals surface area contributed by atoms with Gasteiger partial charge in [-0.2, -0.15) is 0 Å². The molecule has 3 heterocycles. The van der Waals surface area contributed by atoms with Crippen molar-refractivity contribution >= 4 is 28.8 Å². The molecular weight excluding hydrogens is 454 g/mol. The van der Waals surface area contributed by atoms with Crippen LogP contribution in [0.5, 0.6) is 11.5 Å². The predicted octanol–water partition coefficient (Wildman–Crippen LogP) is 4.24. The van der Waals surface area contributed by atoms with Gasteiger partial charge in [0, 0.05) is 30.4 Å². The van der Waals surface area contributed by atoms with Gasteiger partial charge in [0.15, 0.2) is 5.17 Å². The highest BCUT2D eigenvalue weighted by molar-refractivity contribution is 8.16. The Bertz CT molecular complexity index is 1070. The summed E-state index contributed by atoms with van der Waals surface area (Å²) in [5, 5.41) is 2.69. The van der Waals surface area contributed by atoms with Gasteiger partial charge in [0.2, 0.25) is 5.91 Å². The molecule has 1 aromatic rings. The second-order valence-corrected chi connectivity index (χ2v) is 9.56. The van der Waals surface area contributed by atoms with E-state index in [-0.39, 0.29) is 18.4 Å². The molecule has 0 N–H and O–H groups in total. The van der Waals surface area contributed by atoms with Crippen LogP contribution < -0.4 is 9.47 Å². The van der Waals surface area contributed by atoms with Crippen molar-refractivity contribution < 1.29 is 23.8 Å². The molecule has 0 aliphatic carbocycles. The molecule has 1 saturated heterocycles. The summed E-state index contributed by atoms with van der Waals surface area (Å²) < 4.78 is 16.7. The Labute approximate surface area is 204 Å². The highest BCUT2D eigenvalue weighted by Crippen LogP contribution is 2.47. The molecular formula is C25H31N3O5S. The molecule has 4 rings (SSSR count). The van der Waals surface area contributed by atoms with E-state index in [0.717, 1.165) is 42.4 Å². The molecule has 0 bridgehead atoms. The summed E-state index contributed by atoms with van der Waals surface area (Å²) in [6.45, 7) is 7.04. The van der Waals surface area contributed by atoms with E-state index >= 15 is 0 Å². The van der Waals surface area contributed by atoms with E-state index in [1.807, 2.05) is 48.1 Å². The smallest absolute Gasteiger partial charge is 0.338 e. The summed E-state index contributed by atoms with van der Waals surface area (Å²) in [5.74, 6) is 0.882. The lowest BCUT2D eigenvalue weighted by Crippen LogP contribution is -2.38. The number of aliphatic imine (C=N–C) groups is 1. The molecule has 0 spiro atoms. The number of fused-ring (bicyclic) bond motifs is 1. The van der Waals surface area contributed by atoms with Crippen LogP contribution in [-0.4, -0.2) is 60.3 Å². The molecule has 8 nitrogen and oxygen atoms in total. The van der Waals surface area contributed by atoms with Gasteiger partial charge in [0.1, 0.15) is 11.5 Å². The first kappa shape index (κ1) is 24.2. The SMILES string of the molecule is COc1ccc([C@H]2C(C(=O)OC(C)C)=C(C)N=C3SC=C(CC(=O)N4CCCC4)N32)c(OC)c1. The molecule has 9 heteroatoms. The van der Waals surface area contributed by atoms with Crippen LogP contribution >= 0.6 is 11.8 Å². The van der Waals surface area contributed by atoms with Gasteiger partial charge in [0.25, 0.3) is 0 Å². The molecule has 1 atom stereocenters. The Kier molecular flexibility index (Phi) is 7.21. The third-order valence-electron chi connectivity index (χ3n) is 6.09. The van der Waals surface area contributed by atoms with Crippen LogP contribution in [0, 0.1) is 0 Å². The van der Waals surface area contributed by atoms with Crippen LogP contribution in [0.25, 0.3) is 0 Å². The van der Waals surface area contributed by atoms with Crippen LogP contribution in [0.4, 0.5) is 0 Å². The molecule has 1 fully saturated rings. The molecule has 0 saturated carbocycles. The lowest BCUT2D eigenvalue weighted by atomic mass is 9.93. The van der Waals surface area contributed by atoms with Gasteiger partial charge in [-0.25, -0.2) is 9.79 Å². The molecule has 3 aliphatic rings. The fraction of sp³-hybridized carbons (Fsp3) is 0.480. The Morgan fingerprint density at radius 1 is 1.18 bits per heavy atom. The maximum absolute atomic E-state index is 13.3. The quantitative estimate of drug-likeness (QED) is 0.534. The van der Waals surface area contributed by atoms with Gasteiger partial charge in [0.05, 0.1) is 44.1 Å². The first-order chi connectivity index (χ1) is 16.3. The van der Waals surface area contributed by atoms with E-state index in [0.29, 0.717) is 22.8 Å². The molecule has 34 heavy (non-hydrogen) atoms. The zero-order chi connectivity index (χ0) is 24.4. The van der Waals surface area contributed by atoms with E-state index in [9.17, 15) is 9.59 Å². The number of carbonyl (C=O) groups is 2. The number of methoxy groups -OCH3 is 2. The van der Waals surface area contributed by atoms with Crippen molar-refractivity contribution in [2.75, 3.05) is 27.3 Å². The summed E-state index contributed by atoms with van der Waals surface area (Å²) in [7, 11) is 3.18. The first-order valence-corrected chi connectivity index (χ1v) is 12.4. The fourth-order valence-electron chi connectivity index (χ4n) is 4.48. The number of benzene rings is 1. The first-order valence-electron chi connectivity index (χ1n) is 11.5. The van der Waals surface area contributed by atoms with Gasteiger partial charge in [-0.3, -0.25) is 4.79 Å². The van der Waals surface area contributed by atoms with Crippen molar-refractivity contribution in [2.24, 2.45) is 4.99 Å². The third kappa shape index (κ3) is 4.66. The monoisotopic (exact) mass is 485 g/mol. The zero-order valence-corrected chi connectivity index (χ0v) is 21.1. The number of thioether (sulfide) groups is 1. The van der Waals surface area contributed by atoms with Crippen molar-refractivity contribution in [2.45, 2.75) is 52.2 Å². The standard InChI is InChI=1S/C25H31N3O5S/c1-15(2)33-24(30)22-16(3)26-25-28(17(14-34-25)12-21(29)27-10-6-7-11-27)23(22)19-9-8-18(31-4)13-20(19)32-5/h8-9,13-15,23H,6-7,10-12H2,1-5H3/t23-/m0/s1. The van der Waals surface area contributed by atoms with E-state index in [4.69, 9.17) is 19.2 Å². The largest absolute Gasteiger partial charge is 0.497 e. The van der Waals surface area contributed by atoms with Gasteiger partial charge in [-0.15, -0.1) is 0 Å². The molecule has 0 unspecified atom stereocenters. The van der Waals surface area contributed by atoms with Crippen molar-refractivity contribution in [3.63, 3.8) is 0 Å². The number of amidine groups is 1. The Morgan fingerprint density at radius 2 is 1.91 bits per heavy atom. The van der Waals surface area contributed by atoms with E-state index in [2.05, 4.69) is 0 Å². The number of hydrogen-bond acceptors (Lipinski definition) is 8. The molecule has 0 radical (unpaired) electrons. The lowest BCUT2D eigenvalue weighted by Gasteiger charge is -2.37. The zero-order valence-electron chi connectivity index (χ0n) is 20.3. The second kappa shape index (κ2) is 10.1. The third-order valence-corrected chi connectivity index (χ3v) is 6.98. The molecule has 1 aromatic carbocycles. The van der Waals surface area contributed by atoms with Gasteiger partial charge in [-0.1, -0.05) is 11.8 Å². The maximum atomic E-state index is 13.3. The lowest BCUT2D eigenvalue weighted by molar-refractivity contribution is -0.143. The second-order valence-electron chi connectivity index (χ2n) is 8.72. The van der Waals surface area contributed by atoms with Crippen LogP contribution in [0.3, 0.4) is 0 Å². The number of hydrogen-bond donors (Lipinski definition) is 0. The highest BCUT2D eigenvalue weighted by atomic mass is 32.2. The number of amides is 1. The maximum Gasteiger partial charge on any atom is 0.338 e. The van der Waals surface area contributed by atoms with Crippen LogP contribution in [0.1, 0.15) is 51.6 Å². The van der Waals surface area contributed by atoms with Crippen LogP contribution in [0.15, 0.2) is 45.6 Å². The van der Waals surface area contributed by atoms with Crippen LogP contribution in [-0.2, 0) is 14.3 Å². The summed E-state index contributed by atoms with van der Waals surface area (Å²) in [6, 6.07) is 4.98. The molecule has 3 aliphatic heterocycles. The predicted molar refractivity (Wildman–Crippen MR) is 132 cm³/mol. The van der Waals surface area contributed by atoms with Crippen molar-refractivity contribution in [3.8, 4) is 11.5 Å². The van der Waals surface area contributed by atoms with Crippen molar-refractivity contribution in [3.05, 3.63) is 46.1 Å². The minimum atomic E-state index is -0.549. The van der Waals surface area contributed by atoms with E-state index < -0.39 is 12.0 Å². The van der Waals surface area contributed by atoms with Gasteiger partial charge >= 0.3 is 5.97 Å². The summed E-state index contributed by atoms with van der Waals surface area (Å²) in [5.41, 5.74) is 2.61. The molecule has 182 valence electrons. The van der Waals surface area contributed by atoms with Gasteiger partial charge < -0.3 is 24.0 Å². The minimum Gasteiger partial charge on any atom is -0.497 e. The topological polar surface area (TPSA) is 80.7 Å². The molecule has 0 aromatic heterocycles. The fourth-order valence-corrected chi connectivity index (χ4v) is 5.44. The number of carbonyl (C=O) groups excluding carboxylic acids is 2. The number of esters is 1.